The molecular weight excluding hydrogens is 262 g/mol. The number of rotatable bonds is 5. The number of imidazole rings is 1. The van der Waals surface area contributed by atoms with E-state index in [0.717, 1.165) is 23.7 Å². The zero-order valence-electron chi connectivity index (χ0n) is 11.1. The molecule has 0 aliphatic heterocycles. The first-order valence-corrected chi connectivity index (χ1v) is 6.62. The van der Waals surface area contributed by atoms with Crippen LogP contribution in [0.3, 0.4) is 0 Å². The third kappa shape index (κ3) is 3.08. The van der Waals surface area contributed by atoms with Crippen LogP contribution in [0.4, 0.5) is 0 Å². The predicted octanol–water partition coefficient (Wildman–Crippen LogP) is 2.81. The Balaban J connectivity index is 2.22. The van der Waals surface area contributed by atoms with Crippen LogP contribution in [0.2, 0.25) is 5.02 Å². The first kappa shape index (κ1) is 13.9. The number of hydrogen-bond donors (Lipinski definition) is 1. The molecule has 0 fully saturated rings. The molecule has 1 atom stereocenters. The molecule has 1 aromatic heterocycles. The van der Waals surface area contributed by atoms with Gasteiger partial charge in [0.2, 0.25) is 0 Å². The number of aryl methyl sites for hydroxylation is 1. The van der Waals surface area contributed by atoms with E-state index in [4.69, 9.17) is 22.1 Å². The number of nitrogens with zero attached hydrogens (tertiary/aromatic N) is 2. The highest BCUT2D eigenvalue weighted by molar-refractivity contribution is 6.30. The molecule has 2 N–H and O–H groups in total. The van der Waals surface area contributed by atoms with Crippen LogP contribution in [0.25, 0.3) is 0 Å². The van der Waals surface area contributed by atoms with Crippen molar-refractivity contribution in [2.75, 3.05) is 7.11 Å². The molecule has 0 spiro atoms. The SMILES string of the molecule is CCn1ccnc1CC(N)c1ccc(Cl)cc1OC. The first-order valence-electron chi connectivity index (χ1n) is 6.24. The summed E-state index contributed by atoms with van der Waals surface area (Å²) in [6.45, 7) is 2.97. The van der Waals surface area contributed by atoms with Crippen LogP contribution in [0.5, 0.6) is 5.75 Å². The molecule has 5 heteroatoms. The molecule has 2 aromatic rings. The van der Waals surface area contributed by atoms with Gasteiger partial charge in [0, 0.05) is 42.0 Å². The molecule has 0 saturated heterocycles. The monoisotopic (exact) mass is 279 g/mol. The Hall–Kier alpha value is -1.52. The van der Waals surface area contributed by atoms with E-state index in [9.17, 15) is 0 Å². The van der Waals surface area contributed by atoms with Gasteiger partial charge in [-0.3, -0.25) is 0 Å². The summed E-state index contributed by atoms with van der Waals surface area (Å²) in [7, 11) is 1.62. The Morgan fingerprint density at radius 3 is 2.95 bits per heavy atom. The lowest BCUT2D eigenvalue weighted by Gasteiger charge is -2.16. The summed E-state index contributed by atoms with van der Waals surface area (Å²) >= 11 is 5.95. The van der Waals surface area contributed by atoms with Crippen LogP contribution in [-0.2, 0) is 13.0 Å². The first-order chi connectivity index (χ1) is 9.15. The number of nitrogens with two attached hydrogens (primary N) is 1. The lowest BCUT2D eigenvalue weighted by molar-refractivity contribution is 0.405. The molecule has 0 radical (unpaired) electrons. The summed E-state index contributed by atoms with van der Waals surface area (Å²) in [6.07, 6.45) is 4.42. The van der Waals surface area contributed by atoms with Crippen LogP contribution >= 0.6 is 11.6 Å². The minimum absolute atomic E-state index is 0.167. The van der Waals surface area contributed by atoms with Gasteiger partial charge in [0.15, 0.2) is 0 Å². The summed E-state index contributed by atoms with van der Waals surface area (Å²) in [5, 5.41) is 0.642. The molecule has 0 aliphatic rings. The molecule has 2 rings (SSSR count). The van der Waals surface area contributed by atoms with Crippen molar-refractivity contribution in [3.63, 3.8) is 0 Å². The van der Waals surface area contributed by atoms with E-state index in [1.807, 2.05) is 18.3 Å². The van der Waals surface area contributed by atoms with Crippen LogP contribution in [0.15, 0.2) is 30.6 Å². The second-order valence-electron chi connectivity index (χ2n) is 4.33. The van der Waals surface area contributed by atoms with E-state index in [0.29, 0.717) is 11.4 Å². The third-order valence-corrected chi connectivity index (χ3v) is 3.37. The smallest absolute Gasteiger partial charge is 0.125 e. The van der Waals surface area contributed by atoms with Gasteiger partial charge in [-0.25, -0.2) is 4.98 Å². The number of benzene rings is 1. The van der Waals surface area contributed by atoms with Gasteiger partial charge in [-0.05, 0) is 19.1 Å². The Labute approximate surface area is 118 Å². The molecule has 0 aliphatic carbocycles. The van der Waals surface area contributed by atoms with Crippen LogP contribution in [-0.4, -0.2) is 16.7 Å². The van der Waals surface area contributed by atoms with Crippen molar-refractivity contribution in [2.45, 2.75) is 25.9 Å². The van der Waals surface area contributed by atoms with Crippen molar-refractivity contribution >= 4 is 11.6 Å². The second-order valence-corrected chi connectivity index (χ2v) is 4.76. The van der Waals surface area contributed by atoms with Gasteiger partial charge in [-0.1, -0.05) is 17.7 Å². The Bertz CT molecular complexity index is 553. The van der Waals surface area contributed by atoms with E-state index in [2.05, 4.69) is 16.5 Å². The minimum Gasteiger partial charge on any atom is -0.496 e. The molecule has 4 nitrogen and oxygen atoms in total. The summed E-state index contributed by atoms with van der Waals surface area (Å²) < 4.78 is 7.42. The van der Waals surface area contributed by atoms with Gasteiger partial charge in [-0.15, -0.1) is 0 Å². The van der Waals surface area contributed by atoms with E-state index in [1.54, 1.807) is 19.4 Å². The normalized spacial score (nSPS) is 12.4. The maximum Gasteiger partial charge on any atom is 0.125 e. The molecule has 1 unspecified atom stereocenters. The lowest BCUT2D eigenvalue weighted by Crippen LogP contribution is -2.17. The molecule has 1 aromatic carbocycles. The summed E-state index contributed by atoms with van der Waals surface area (Å²) in [6, 6.07) is 5.35. The number of halogens is 1. The number of methoxy groups -OCH3 is 1. The Kier molecular flexibility index (Phi) is 4.45. The van der Waals surface area contributed by atoms with Crippen LogP contribution in [0, 0.1) is 0 Å². The van der Waals surface area contributed by atoms with Gasteiger partial charge < -0.3 is 15.0 Å². The van der Waals surface area contributed by atoms with Gasteiger partial charge in [0.05, 0.1) is 7.11 Å². The van der Waals surface area contributed by atoms with E-state index in [-0.39, 0.29) is 6.04 Å². The molecule has 19 heavy (non-hydrogen) atoms. The molecule has 0 bridgehead atoms. The molecule has 0 amide bonds. The summed E-state index contributed by atoms with van der Waals surface area (Å²) in [5.74, 6) is 1.70. The highest BCUT2D eigenvalue weighted by Gasteiger charge is 2.15. The van der Waals surface area contributed by atoms with Gasteiger partial charge in [0.1, 0.15) is 11.6 Å². The number of ether oxygens (including phenoxy) is 1. The topological polar surface area (TPSA) is 53.1 Å². The maximum absolute atomic E-state index is 6.26. The zero-order chi connectivity index (χ0) is 13.8. The van der Waals surface area contributed by atoms with E-state index in [1.165, 1.54) is 0 Å². The summed E-state index contributed by atoms with van der Waals surface area (Å²) in [4.78, 5) is 4.34. The van der Waals surface area contributed by atoms with Crippen LogP contribution in [0.1, 0.15) is 24.4 Å². The fourth-order valence-corrected chi connectivity index (χ4v) is 2.28. The fraction of sp³-hybridized carbons (Fsp3) is 0.357. The highest BCUT2D eigenvalue weighted by atomic mass is 35.5. The standard InChI is InChI=1S/C14H18ClN3O/c1-3-18-7-6-17-14(18)9-12(16)11-5-4-10(15)8-13(11)19-2/h4-8,12H,3,9,16H2,1-2H3. The number of hydrogen-bond acceptors (Lipinski definition) is 3. The highest BCUT2D eigenvalue weighted by Crippen LogP contribution is 2.28. The Morgan fingerprint density at radius 1 is 1.47 bits per heavy atom. The third-order valence-electron chi connectivity index (χ3n) is 3.14. The fourth-order valence-electron chi connectivity index (χ4n) is 2.12. The second kappa shape index (κ2) is 6.08. The Morgan fingerprint density at radius 2 is 2.26 bits per heavy atom. The van der Waals surface area contributed by atoms with Crippen molar-refractivity contribution in [3.05, 3.63) is 47.0 Å². The average Bonchev–Trinajstić information content (AvgIpc) is 2.85. The predicted molar refractivity (Wildman–Crippen MR) is 76.5 cm³/mol. The van der Waals surface area contributed by atoms with E-state index >= 15 is 0 Å². The number of aromatic nitrogens is 2. The van der Waals surface area contributed by atoms with Crippen molar-refractivity contribution in [3.8, 4) is 5.75 Å². The molecule has 102 valence electrons. The maximum atomic E-state index is 6.26. The van der Waals surface area contributed by atoms with Gasteiger partial charge in [0.25, 0.3) is 0 Å². The molecule has 0 saturated carbocycles. The van der Waals surface area contributed by atoms with Gasteiger partial charge >= 0.3 is 0 Å². The minimum atomic E-state index is -0.167. The van der Waals surface area contributed by atoms with Crippen molar-refractivity contribution in [1.82, 2.24) is 9.55 Å². The van der Waals surface area contributed by atoms with Crippen molar-refractivity contribution in [1.29, 1.82) is 0 Å². The van der Waals surface area contributed by atoms with Crippen molar-refractivity contribution < 1.29 is 4.74 Å². The summed E-state index contributed by atoms with van der Waals surface area (Å²) in [5.41, 5.74) is 7.20. The zero-order valence-corrected chi connectivity index (χ0v) is 11.9. The van der Waals surface area contributed by atoms with Gasteiger partial charge in [-0.2, -0.15) is 0 Å². The van der Waals surface area contributed by atoms with E-state index < -0.39 is 0 Å². The van der Waals surface area contributed by atoms with Crippen LogP contribution < -0.4 is 10.5 Å². The largest absolute Gasteiger partial charge is 0.496 e. The average molecular weight is 280 g/mol. The quantitative estimate of drug-likeness (QED) is 0.916. The molecule has 1 heterocycles. The van der Waals surface area contributed by atoms with Crippen molar-refractivity contribution in [2.24, 2.45) is 5.73 Å². The lowest BCUT2D eigenvalue weighted by atomic mass is 10.0. The molecular formula is C14H18ClN3O.